The van der Waals surface area contributed by atoms with Crippen molar-refractivity contribution < 1.29 is 19.4 Å². The molecule has 0 fully saturated rings. The fourth-order valence-electron chi connectivity index (χ4n) is 1.64. The summed E-state index contributed by atoms with van der Waals surface area (Å²) in [4.78, 5) is 25.2. The van der Waals surface area contributed by atoms with Gasteiger partial charge in [-0.3, -0.25) is 4.79 Å². The van der Waals surface area contributed by atoms with Gasteiger partial charge in [-0.15, -0.1) is 0 Å². The van der Waals surface area contributed by atoms with Crippen LogP contribution in [0.15, 0.2) is 36.5 Å². The van der Waals surface area contributed by atoms with Crippen molar-refractivity contribution in [1.82, 2.24) is 4.98 Å². The summed E-state index contributed by atoms with van der Waals surface area (Å²) in [7, 11) is 1.11. The fourth-order valence-corrected chi connectivity index (χ4v) is 1.64. The summed E-state index contributed by atoms with van der Waals surface area (Å²) in [6.45, 7) is 0. The number of aliphatic hydroxyl groups excluding tert-OH is 1. The van der Waals surface area contributed by atoms with Gasteiger partial charge in [-0.25, -0.2) is 4.79 Å². The lowest BCUT2D eigenvalue weighted by Gasteiger charge is -1.98. The molecule has 92 valence electrons. The number of ether oxygens (including phenoxy) is 1. The van der Waals surface area contributed by atoms with Gasteiger partial charge in [0, 0.05) is 28.7 Å². The van der Waals surface area contributed by atoms with E-state index in [1.54, 1.807) is 12.3 Å². The molecule has 5 nitrogen and oxygen atoms in total. The molecule has 1 aromatic heterocycles. The first-order valence-corrected chi connectivity index (χ1v) is 5.23. The molecule has 0 unspecified atom stereocenters. The van der Waals surface area contributed by atoms with Crippen LogP contribution in [0.25, 0.3) is 16.7 Å². The second-order valence-corrected chi connectivity index (χ2v) is 3.63. The van der Waals surface area contributed by atoms with Crippen LogP contribution in [-0.2, 0) is 14.3 Å². The van der Waals surface area contributed by atoms with Crippen molar-refractivity contribution in [3.63, 3.8) is 0 Å². The van der Waals surface area contributed by atoms with E-state index in [1.807, 2.05) is 18.2 Å². The third kappa shape index (κ3) is 2.10. The Morgan fingerprint density at radius 2 is 2.06 bits per heavy atom. The molecule has 0 amide bonds. The van der Waals surface area contributed by atoms with E-state index in [2.05, 4.69) is 9.72 Å². The van der Waals surface area contributed by atoms with Crippen LogP contribution in [0.4, 0.5) is 0 Å². The number of aromatic amines is 1. The third-order valence-electron chi connectivity index (χ3n) is 2.52. The van der Waals surface area contributed by atoms with Gasteiger partial charge in [0.05, 0.1) is 7.11 Å². The van der Waals surface area contributed by atoms with E-state index in [0.717, 1.165) is 24.1 Å². The molecule has 18 heavy (non-hydrogen) atoms. The molecule has 5 heteroatoms. The molecule has 0 aliphatic rings. The summed E-state index contributed by atoms with van der Waals surface area (Å²) in [5, 5.41) is 10.6. The number of esters is 1. The van der Waals surface area contributed by atoms with Gasteiger partial charge in [-0.2, -0.15) is 0 Å². The fraction of sp³-hybridized carbons (Fsp3) is 0.0769. The van der Waals surface area contributed by atoms with Gasteiger partial charge in [0.25, 0.3) is 5.78 Å². The number of para-hydroxylation sites is 1. The highest BCUT2D eigenvalue weighted by Gasteiger charge is 2.14. The predicted molar refractivity (Wildman–Crippen MR) is 65.9 cm³/mol. The van der Waals surface area contributed by atoms with E-state index in [9.17, 15) is 14.7 Å². The minimum atomic E-state index is -1.01. The first-order chi connectivity index (χ1) is 8.63. The molecule has 2 N–H and O–H groups in total. The lowest BCUT2D eigenvalue weighted by atomic mass is 10.1. The van der Waals surface area contributed by atoms with E-state index in [-0.39, 0.29) is 5.76 Å². The van der Waals surface area contributed by atoms with Crippen molar-refractivity contribution in [2.45, 2.75) is 0 Å². The number of hydrogen-bond donors (Lipinski definition) is 2. The van der Waals surface area contributed by atoms with Crippen molar-refractivity contribution in [2.75, 3.05) is 7.11 Å². The number of nitrogens with one attached hydrogen (secondary N) is 1. The molecular weight excluding hydrogens is 234 g/mol. The van der Waals surface area contributed by atoms with Crippen LogP contribution in [0.5, 0.6) is 0 Å². The number of rotatable bonds is 3. The number of fused-ring (bicyclic) bond motifs is 1. The second-order valence-electron chi connectivity index (χ2n) is 3.63. The molecule has 1 aromatic carbocycles. The predicted octanol–water partition coefficient (Wildman–Crippen LogP) is 1.81. The molecule has 0 spiro atoms. The van der Waals surface area contributed by atoms with Crippen LogP contribution < -0.4 is 0 Å². The van der Waals surface area contributed by atoms with Gasteiger partial charge in [-0.1, -0.05) is 18.2 Å². The number of H-pyrrole nitrogens is 1. The second kappa shape index (κ2) is 4.75. The lowest BCUT2D eigenvalue weighted by Crippen LogP contribution is -2.13. The van der Waals surface area contributed by atoms with E-state index in [0.29, 0.717) is 5.56 Å². The van der Waals surface area contributed by atoms with Gasteiger partial charge >= 0.3 is 5.97 Å². The van der Waals surface area contributed by atoms with E-state index < -0.39 is 11.8 Å². The Morgan fingerprint density at radius 3 is 2.78 bits per heavy atom. The van der Waals surface area contributed by atoms with Crippen molar-refractivity contribution in [3.05, 3.63) is 42.1 Å². The summed E-state index contributed by atoms with van der Waals surface area (Å²) in [6, 6.07) is 7.31. The Hall–Kier alpha value is -2.56. The van der Waals surface area contributed by atoms with Crippen LogP contribution in [0.3, 0.4) is 0 Å². The molecule has 2 rings (SSSR count). The minimum Gasteiger partial charge on any atom is -0.507 e. The van der Waals surface area contributed by atoms with Crippen LogP contribution in [0.1, 0.15) is 5.56 Å². The highest BCUT2D eigenvalue weighted by atomic mass is 16.5. The molecule has 0 atom stereocenters. The average Bonchev–Trinajstić information content (AvgIpc) is 2.81. The third-order valence-corrected chi connectivity index (χ3v) is 2.52. The number of benzene rings is 1. The monoisotopic (exact) mass is 245 g/mol. The van der Waals surface area contributed by atoms with Gasteiger partial charge in [0.1, 0.15) is 5.76 Å². The molecule has 0 saturated carbocycles. The molecule has 0 saturated heterocycles. The number of ketones is 1. The van der Waals surface area contributed by atoms with Crippen molar-refractivity contribution >= 4 is 28.4 Å². The van der Waals surface area contributed by atoms with Crippen LogP contribution in [0, 0.1) is 0 Å². The quantitative estimate of drug-likeness (QED) is 0.374. The first kappa shape index (κ1) is 11.9. The largest absolute Gasteiger partial charge is 0.507 e. The minimum absolute atomic E-state index is 0.275. The van der Waals surface area contributed by atoms with Crippen LogP contribution >= 0.6 is 0 Å². The maximum absolute atomic E-state index is 11.3. The lowest BCUT2D eigenvalue weighted by molar-refractivity contribution is -0.149. The molecule has 0 bridgehead atoms. The Bertz CT molecular complexity index is 639. The molecular formula is C13H11NO4. The Kier molecular flexibility index (Phi) is 3.14. The van der Waals surface area contributed by atoms with Gasteiger partial charge in [-0.05, 0) is 6.07 Å². The summed E-state index contributed by atoms with van der Waals surface area (Å²) < 4.78 is 4.27. The zero-order valence-corrected chi connectivity index (χ0v) is 9.64. The Balaban J connectivity index is 2.39. The van der Waals surface area contributed by atoms with Gasteiger partial charge < -0.3 is 14.8 Å². The Morgan fingerprint density at radius 1 is 1.33 bits per heavy atom. The molecule has 0 aliphatic carbocycles. The summed E-state index contributed by atoms with van der Waals surface area (Å²) in [6.07, 6.45) is 2.42. The SMILES string of the molecule is COC(=O)C(=O)/C=C(\O)c1c[nH]c2ccccc12. The standard InChI is InChI=1S/C13H11NO4/c1-18-13(17)12(16)6-11(15)9-7-14-10-5-3-2-4-8(9)10/h2-7,14-15H,1H3/b11-6-. The smallest absolute Gasteiger partial charge is 0.378 e. The molecule has 2 aromatic rings. The molecule has 1 heterocycles. The van der Waals surface area contributed by atoms with Crippen molar-refractivity contribution in [2.24, 2.45) is 0 Å². The average molecular weight is 245 g/mol. The topological polar surface area (TPSA) is 79.4 Å². The zero-order chi connectivity index (χ0) is 13.1. The number of methoxy groups -OCH3 is 1. The molecule has 0 radical (unpaired) electrons. The van der Waals surface area contributed by atoms with Crippen LogP contribution in [-0.4, -0.2) is 29.0 Å². The highest BCUT2D eigenvalue weighted by molar-refractivity contribution is 6.39. The Labute approximate surface area is 103 Å². The molecule has 0 aliphatic heterocycles. The van der Waals surface area contributed by atoms with E-state index >= 15 is 0 Å². The number of carbonyl (C=O) groups excluding carboxylic acids is 2. The van der Waals surface area contributed by atoms with E-state index in [4.69, 9.17) is 0 Å². The summed E-state index contributed by atoms with van der Waals surface area (Å²) in [5.74, 6) is -2.19. The normalized spacial score (nSPS) is 11.5. The number of aromatic nitrogens is 1. The first-order valence-electron chi connectivity index (χ1n) is 5.23. The van der Waals surface area contributed by atoms with Gasteiger partial charge in [0.2, 0.25) is 0 Å². The van der Waals surface area contributed by atoms with Crippen molar-refractivity contribution in [3.8, 4) is 0 Å². The summed E-state index contributed by atoms with van der Waals surface area (Å²) in [5.41, 5.74) is 1.29. The number of aliphatic hydroxyl groups is 1. The maximum Gasteiger partial charge on any atom is 0.378 e. The van der Waals surface area contributed by atoms with Crippen molar-refractivity contribution in [1.29, 1.82) is 0 Å². The van der Waals surface area contributed by atoms with Gasteiger partial charge in [0.15, 0.2) is 0 Å². The van der Waals surface area contributed by atoms with E-state index in [1.165, 1.54) is 0 Å². The van der Waals surface area contributed by atoms with Crippen LogP contribution in [0.2, 0.25) is 0 Å². The number of carbonyl (C=O) groups is 2. The highest BCUT2D eigenvalue weighted by Crippen LogP contribution is 2.23. The number of hydrogen-bond acceptors (Lipinski definition) is 4. The summed E-state index contributed by atoms with van der Waals surface area (Å²) >= 11 is 0. The maximum atomic E-state index is 11.3. The zero-order valence-electron chi connectivity index (χ0n) is 9.64.